The van der Waals surface area contributed by atoms with E-state index in [4.69, 9.17) is 0 Å². The van der Waals surface area contributed by atoms with Gasteiger partial charge in [0.25, 0.3) is 0 Å². The lowest BCUT2D eigenvalue weighted by Crippen LogP contribution is -2.30. The number of amides is 1. The summed E-state index contributed by atoms with van der Waals surface area (Å²) in [6, 6.07) is 8.44. The Hall–Kier alpha value is -2.56. The Balaban J connectivity index is 1.45. The molecule has 124 valence electrons. The first kappa shape index (κ1) is 15.0. The lowest BCUT2D eigenvalue weighted by Gasteiger charge is -2.24. The smallest absolute Gasteiger partial charge is 0.223 e. The van der Waals surface area contributed by atoms with E-state index >= 15 is 0 Å². The van der Waals surface area contributed by atoms with Crippen LogP contribution in [0.15, 0.2) is 42.9 Å². The van der Waals surface area contributed by atoms with Crippen LogP contribution in [0.1, 0.15) is 36.4 Å². The van der Waals surface area contributed by atoms with Gasteiger partial charge in [0.05, 0.1) is 12.2 Å². The number of aromatic nitrogens is 3. The van der Waals surface area contributed by atoms with Crippen LogP contribution in [0.4, 0.5) is 0 Å². The van der Waals surface area contributed by atoms with E-state index in [1.54, 1.807) is 0 Å². The fourth-order valence-electron chi connectivity index (χ4n) is 3.75. The molecule has 3 heterocycles. The summed E-state index contributed by atoms with van der Waals surface area (Å²) in [4.78, 5) is 18.1. The van der Waals surface area contributed by atoms with Gasteiger partial charge in [0, 0.05) is 48.9 Å². The second-order valence-electron chi connectivity index (χ2n) is 6.55. The molecule has 0 aliphatic carbocycles. The summed E-state index contributed by atoms with van der Waals surface area (Å²) in [5.74, 6) is 0.242. The maximum Gasteiger partial charge on any atom is 0.223 e. The van der Waals surface area contributed by atoms with Crippen molar-refractivity contribution in [3.05, 3.63) is 54.0 Å². The van der Waals surface area contributed by atoms with Crippen molar-refractivity contribution in [1.82, 2.24) is 19.7 Å². The summed E-state index contributed by atoms with van der Waals surface area (Å²) < 4.78 is 1.81. The van der Waals surface area contributed by atoms with Gasteiger partial charge in [-0.25, -0.2) is 0 Å². The van der Waals surface area contributed by atoms with Crippen molar-refractivity contribution in [1.29, 1.82) is 0 Å². The number of likely N-dealkylation sites (tertiary alicyclic amines) is 1. The first-order chi connectivity index (χ1) is 11.7. The van der Waals surface area contributed by atoms with Crippen LogP contribution in [0.3, 0.4) is 0 Å². The lowest BCUT2D eigenvalue weighted by atomic mass is 10.1. The number of hydrogen-bond acceptors (Lipinski definition) is 2. The van der Waals surface area contributed by atoms with E-state index in [0.717, 1.165) is 36.9 Å². The van der Waals surface area contributed by atoms with E-state index in [0.29, 0.717) is 6.42 Å². The summed E-state index contributed by atoms with van der Waals surface area (Å²) in [7, 11) is 1.92. The molecule has 0 radical (unpaired) electrons. The Kier molecular flexibility index (Phi) is 3.84. The summed E-state index contributed by atoms with van der Waals surface area (Å²) in [5.41, 5.74) is 3.50. The van der Waals surface area contributed by atoms with Gasteiger partial charge in [-0.05, 0) is 30.9 Å². The van der Waals surface area contributed by atoms with E-state index in [1.807, 2.05) is 47.4 Å². The summed E-state index contributed by atoms with van der Waals surface area (Å²) >= 11 is 0. The predicted octanol–water partition coefficient (Wildman–Crippen LogP) is 3.20. The van der Waals surface area contributed by atoms with Crippen molar-refractivity contribution >= 4 is 16.8 Å². The van der Waals surface area contributed by atoms with Gasteiger partial charge in [0.1, 0.15) is 0 Å². The molecule has 2 aromatic heterocycles. The molecule has 1 amide bonds. The molecule has 1 fully saturated rings. The molecule has 1 N–H and O–H groups in total. The maximum absolute atomic E-state index is 12.8. The van der Waals surface area contributed by atoms with Gasteiger partial charge < -0.3 is 9.88 Å². The van der Waals surface area contributed by atoms with Gasteiger partial charge in [-0.1, -0.05) is 18.2 Å². The summed E-state index contributed by atoms with van der Waals surface area (Å²) in [6.07, 6.45) is 9.37. The molecule has 0 unspecified atom stereocenters. The van der Waals surface area contributed by atoms with Crippen LogP contribution in [0.2, 0.25) is 0 Å². The molecule has 1 aliphatic rings. The highest BCUT2D eigenvalue weighted by atomic mass is 16.2. The third-order valence-corrected chi connectivity index (χ3v) is 4.97. The van der Waals surface area contributed by atoms with E-state index < -0.39 is 0 Å². The molecular weight excluding hydrogens is 300 g/mol. The molecule has 5 nitrogen and oxygen atoms in total. The fraction of sp³-hybridized carbons (Fsp3) is 0.368. The van der Waals surface area contributed by atoms with Gasteiger partial charge >= 0.3 is 0 Å². The molecule has 0 saturated carbocycles. The number of carbonyl (C=O) groups is 1. The van der Waals surface area contributed by atoms with Gasteiger partial charge in [-0.2, -0.15) is 5.10 Å². The van der Waals surface area contributed by atoms with Gasteiger partial charge in [-0.15, -0.1) is 0 Å². The summed E-state index contributed by atoms with van der Waals surface area (Å²) in [5, 5.41) is 5.47. The van der Waals surface area contributed by atoms with Crippen LogP contribution in [0.5, 0.6) is 0 Å². The zero-order valence-electron chi connectivity index (χ0n) is 13.9. The van der Waals surface area contributed by atoms with Crippen LogP contribution < -0.4 is 0 Å². The highest BCUT2D eigenvalue weighted by molar-refractivity contribution is 5.84. The molecule has 24 heavy (non-hydrogen) atoms. The largest absolute Gasteiger partial charge is 0.361 e. The molecular formula is C19H22N4O. The summed E-state index contributed by atoms with van der Waals surface area (Å²) in [6.45, 7) is 0.853. The zero-order chi connectivity index (χ0) is 16.5. The highest BCUT2D eigenvalue weighted by Gasteiger charge is 2.30. The first-order valence-electron chi connectivity index (χ1n) is 8.55. The van der Waals surface area contributed by atoms with E-state index in [1.165, 1.54) is 10.9 Å². The highest BCUT2D eigenvalue weighted by Crippen LogP contribution is 2.32. The topological polar surface area (TPSA) is 53.9 Å². The Morgan fingerprint density at radius 1 is 1.38 bits per heavy atom. The van der Waals surface area contributed by atoms with Gasteiger partial charge in [0.2, 0.25) is 5.91 Å². The zero-order valence-corrected chi connectivity index (χ0v) is 13.9. The minimum atomic E-state index is 0.189. The average molecular weight is 322 g/mol. The van der Waals surface area contributed by atoms with Crippen LogP contribution >= 0.6 is 0 Å². The Labute approximate surface area is 141 Å². The SMILES string of the molecule is Cn1cc([C@@H]2CCCN2C(=O)CCc2c[nH]c3ccccc23)cn1. The van der Waals surface area contributed by atoms with Crippen LogP contribution in [-0.4, -0.2) is 32.1 Å². The fourth-order valence-corrected chi connectivity index (χ4v) is 3.75. The molecule has 1 atom stereocenters. The normalized spacial score (nSPS) is 17.7. The molecule has 0 spiro atoms. The third kappa shape index (κ3) is 2.70. The molecule has 0 bridgehead atoms. The molecule has 3 aromatic rings. The first-order valence-corrected chi connectivity index (χ1v) is 8.55. The Bertz CT molecular complexity index is 863. The number of nitrogens with one attached hydrogen (secondary N) is 1. The minimum absolute atomic E-state index is 0.189. The molecule has 1 aromatic carbocycles. The number of para-hydroxylation sites is 1. The number of carbonyl (C=O) groups excluding carboxylic acids is 1. The standard InChI is InChI=1S/C19H22N4O/c1-22-13-15(12-21-22)18-7-4-10-23(18)19(24)9-8-14-11-20-17-6-3-2-5-16(14)17/h2-3,5-6,11-13,18,20H,4,7-10H2,1H3/t18-/m0/s1. The number of rotatable bonds is 4. The number of aryl methyl sites for hydroxylation is 2. The van der Waals surface area contributed by atoms with Crippen molar-refractivity contribution in [2.75, 3.05) is 6.54 Å². The van der Waals surface area contributed by atoms with E-state index in [2.05, 4.69) is 22.2 Å². The molecule has 1 aliphatic heterocycles. The number of hydrogen-bond donors (Lipinski definition) is 1. The van der Waals surface area contributed by atoms with E-state index in [-0.39, 0.29) is 11.9 Å². The molecule has 5 heteroatoms. The van der Waals surface area contributed by atoms with Gasteiger partial charge in [-0.3, -0.25) is 9.48 Å². The Morgan fingerprint density at radius 2 is 2.25 bits per heavy atom. The minimum Gasteiger partial charge on any atom is -0.361 e. The van der Waals surface area contributed by atoms with Crippen molar-refractivity contribution in [2.45, 2.75) is 31.7 Å². The van der Waals surface area contributed by atoms with Crippen LogP contribution in [0, 0.1) is 0 Å². The van der Waals surface area contributed by atoms with Crippen LogP contribution in [-0.2, 0) is 18.3 Å². The molecule has 4 rings (SSSR count). The number of aromatic amines is 1. The Morgan fingerprint density at radius 3 is 3.08 bits per heavy atom. The number of nitrogens with zero attached hydrogens (tertiary/aromatic N) is 3. The van der Waals surface area contributed by atoms with Crippen LogP contribution in [0.25, 0.3) is 10.9 Å². The van der Waals surface area contributed by atoms with Crippen molar-refractivity contribution in [3.8, 4) is 0 Å². The van der Waals surface area contributed by atoms with Crippen molar-refractivity contribution in [3.63, 3.8) is 0 Å². The lowest BCUT2D eigenvalue weighted by molar-refractivity contribution is -0.132. The third-order valence-electron chi connectivity index (χ3n) is 4.97. The second-order valence-corrected chi connectivity index (χ2v) is 6.55. The van der Waals surface area contributed by atoms with Gasteiger partial charge in [0.15, 0.2) is 0 Å². The maximum atomic E-state index is 12.8. The number of benzene rings is 1. The number of H-pyrrole nitrogens is 1. The quantitative estimate of drug-likeness (QED) is 0.802. The van der Waals surface area contributed by atoms with Crippen molar-refractivity contribution in [2.24, 2.45) is 7.05 Å². The predicted molar refractivity (Wildman–Crippen MR) is 93.5 cm³/mol. The van der Waals surface area contributed by atoms with Crippen molar-refractivity contribution < 1.29 is 4.79 Å². The molecule has 1 saturated heterocycles. The second kappa shape index (κ2) is 6.15. The number of fused-ring (bicyclic) bond motifs is 1. The average Bonchev–Trinajstić information content (AvgIpc) is 3.31. The monoisotopic (exact) mass is 322 g/mol. The van der Waals surface area contributed by atoms with E-state index in [9.17, 15) is 4.79 Å².